The summed E-state index contributed by atoms with van der Waals surface area (Å²) in [7, 11) is 0. The van der Waals surface area contributed by atoms with Crippen LogP contribution in [0, 0.1) is 0 Å². The third kappa shape index (κ3) is 5.78. The zero-order chi connectivity index (χ0) is 18.4. The Morgan fingerprint density at radius 1 is 0.963 bits per heavy atom. The highest BCUT2D eigenvalue weighted by atomic mass is 16.5. The van der Waals surface area contributed by atoms with Crippen LogP contribution in [-0.2, 0) is 19.1 Å². The van der Waals surface area contributed by atoms with Gasteiger partial charge in [-0.05, 0) is 25.7 Å². The van der Waals surface area contributed by atoms with Crippen molar-refractivity contribution in [3.8, 4) is 0 Å². The molecule has 7 nitrogen and oxygen atoms in total. The average Bonchev–Trinajstić information content (AvgIpc) is 2.68. The molecule has 3 rings (SSSR count). The number of ether oxygens (including phenoxy) is 1. The maximum Gasteiger partial charge on any atom is 0.355 e. The molecule has 0 spiro atoms. The SMILES string of the molecule is C.O=C1CCC(C(=O)OCC(=O)N(C2CCCCC2)C2CCCCC2)=NN1. The second kappa shape index (κ2) is 10.4. The van der Waals surface area contributed by atoms with E-state index >= 15 is 0 Å². The number of hydrogen-bond donors (Lipinski definition) is 1. The summed E-state index contributed by atoms with van der Waals surface area (Å²) >= 11 is 0. The normalized spacial score (nSPS) is 21.5. The molecule has 0 saturated heterocycles. The Morgan fingerprint density at radius 3 is 2.00 bits per heavy atom. The van der Waals surface area contributed by atoms with E-state index in [0.717, 1.165) is 51.4 Å². The van der Waals surface area contributed by atoms with E-state index in [4.69, 9.17) is 4.74 Å². The highest BCUT2D eigenvalue weighted by molar-refractivity contribution is 6.37. The lowest BCUT2D eigenvalue weighted by Gasteiger charge is -2.41. The van der Waals surface area contributed by atoms with Crippen LogP contribution >= 0.6 is 0 Å². The number of nitrogens with zero attached hydrogens (tertiary/aromatic N) is 2. The molecular formula is C20H33N3O4. The van der Waals surface area contributed by atoms with Gasteiger partial charge in [-0.1, -0.05) is 46.0 Å². The van der Waals surface area contributed by atoms with E-state index in [1.165, 1.54) is 12.8 Å². The van der Waals surface area contributed by atoms with Crippen LogP contribution < -0.4 is 5.43 Å². The molecule has 0 unspecified atom stereocenters. The van der Waals surface area contributed by atoms with Crippen molar-refractivity contribution in [1.29, 1.82) is 0 Å². The van der Waals surface area contributed by atoms with Crippen molar-refractivity contribution in [3.63, 3.8) is 0 Å². The van der Waals surface area contributed by atoms with Gasteiger partial charge >= 0.3 is 5.97 Å². The summed E-state index contributed by atoms with van der Waals surface area (Å²) in [6, 6.07) is 0.564. The molecule has 0 atom stereocenters. The first-order valence-corrected chi connectivity index (χ1v) is 9.99. The highest BCUT2D eigenvalue weighted by Crippen LogP contribution is 2.30. The maximum atomic E-state index is 12.9. The smallest absolute Gasteiger partial charge is 0.355 e. The number of rotatable bonds is 5. The fourth-order valence-electron chi connectivity index (χ4n) is 4.33. The third-order valence-corrected chi connectivity index (χ3v) is 5.69. The van der Waals surface area contributed by atoms with Crippen molar-refractivity contribution in [2.24, 2.45) is 5.10 Å². The summed E-state index contributed by atoms with van der Waals surface area (Å²) in [5, 5.41) is 3.73. The van der Waals surface area contributed by atoms with Gasteiger partial charge in [0, 0.05) is 24.9 Å². The zero-order valence-corrected chi connectivity index (χ0v) is 15.4. The van der Waals surface area contributed by atoms with Gasteiger partial charge in [-0.15, -0.1) is 0 Å². The average molecular weight is 380 g/mol. The number of esters is 1. The first-order valence-electron chi connectivity index (χ1n) is 9.99. The minimum atomic E-state index is -0.606. The molecule has 0 radical (unpaired) electrons. The molecule has 2 amide bonds. The first-order chi connectivity index (χ1) is 12.6. The van der Waals surface area contributed by atoms with Gasteiger partial charge in [0.05, 0.1) is 0 Å². The molecule has 1 aliphatic heterocycles. The molecular weight excluding hydrogens is 346 g/mol. The molecule has 152 valence electrons. The molecule has 2 fully saturated rings. The van der Waals surface area contributed by atoms with Gasteiger partial charge in [0.2, 0.25) is 5.91 Å². The van der Waals surface area contributed by atoms with E-state index in [0.29, 0.717) is 0 Å². The van der Waals surface area contributed by atoms with E-state index in [2.05, 4.69) is 10.5 Å². The summed E-state index contributed by atoms with van der Waals surface area (Å²) in [6.45, 7) is -0.237. The third-order valence-electron chi connectivity index (χ3n) is 5.69. The predicted molar refractivity (Wildman–Crippen MR) is 103 cm³/mol. The molecule has 7 heteroatoms. The number of hydrazone groups is 1. The van der Waals surface area contributed by atoms with Crippen LogP contribution in [0.2, 0.25) is 0 Å². The lowest BCUT2D eigenvalue weighted by Crippen LogP contribution is -2.50. The summed E-state index contributed by atoms with van der Waals surface area (Å²) < 4.78 is 5.23. The van der Waals surface area contributed by atoms with Crippen LogP contribution in [0.3, 0.4) is 0 Å². The monoisotopic (exact) mass is 379 g/mol. The van der Waals surface area contributed by atoms with Crippen molar-refractivity contribution in [3.05, 3.63) is 0 Å². The number of amides is 2. The molecule has 1 heterocycles. The number of hydrogen-bond acceptors (Lipinski definition) is 5. The van der Waals surface area contributed by atoms with E-state index in [-0.39, 0.29) is 56.5 Å². The Morgan fingerprint density at radius 2 is 1.52 bits per heavy atom. The van der Waals surface area contributed by atoms with E-state index < -0.39 is 5.97 Å². The summed E-state index contributed by atoms with van der Waals surface area (Å²) in [5.74, 6) is -0.901. The van der Waals surface area contributed by atoms with Crippen molar-refractivity contribution >= 4 is 23.5 Å². The van der Waals surface area contributed by atoms with Gasteiger partial charge in [0.15, 0.2) is 6.61 Å². The Kier molecular flexibility index (Phi) is 8.25. The standard InChI is InChI=1S/C19H29N3O4.CH4/c23-17-12-11-16(20-21-17)19(25)26-13-18(24)22(14-7-3-1-4-8-14)15-9-5-2-6-10-15;/h14-15H,1-13H2,(H,21,23);1H4. The zero-order valence-electron chi connectivity index (χ0n) is 15.4. The Hall–Kier alpha value is -1.92. The van der Waals surface area contributed by atoms with E-state index in [1.54, 1.807) is 0 Å². The van der Waals surface area contributed by atoms with Gasteiger partial charge in [-0.3, -0.25) is 9.59 Å². The Bertz CT molecular complexity index is 546. The fraction of sp³-hybridized carbons (Fsp3) is 0.800. The molecule has 3 aliphatic rings. The molecule has 27 heavy (non-hydrogen) atoms. The van der Waals surface area contributed by atoms with Crippen molar-refractivity contribution in [1.82, 2.24) is 10.3 Å². The van der Waals surface area contributed by atoms with Crippen molar-refractivity contribution < 1.29 is 19.1 Å². The predicted octanol–water partition coefficient (Wildman–Crippen LogP) is 2.93. The van der Waals surface area contributed by atoms with Gasteiger partial charge in [0.25, 0.3) is 5.91 Å². The molecule has 0 aromatic heterocycles. The molecule has 2 saturated carbocycles. The quantitative estimate of drug-likeness (QED) is 0.744. The summed E-state index contributed by atoms with van der Waals surface area (Å²) in [4.78, 5) is 38.2. The molecule has 0 aromatic rings. The number of carbonyl (C=O) groups is 3. The molecule has 1 N–H and O–H groups in total. The van der Waals surface area contributed by atoms with Gasteiger partial charge in [-0.25, -0.2) is 10.2 Å². The number of nitrogens with one attached hydrogen (secondary N) is 1. The topological polar surface area (TPSA) is 88.1 Å². The summed E-state index contributed by atoms with van der Waals surface area (Å²) in [6.07, 6.45) is 11.8. The Balaban J connectivity index is 0.00000261. The largest absolute Gasteiger partial charge is 0.451 e. The van der Waals surface area contributed by atoms with E-state index in [9.17, 15) is 14.4 Å². The van der Waals surface area contributed by atoms with Crippen LogP contribution in [0.25, 0.3) is 0 Å². The van der Waals surface area contributed by atoms with Crippen LogP contribution in [0.15, 0.2) is 5.10 Å². The van der Waals surface area contributed by atoms with Crippen LogP contribution in [0.5, 0.6) is 0 Å². The van der Waals surface area contributed by atoms with Crippen LogP contribution in [0.1, 0.15) is 84.5 Å². The first kappa shape index (κ1) is 21.4. The molecule has 2 aliphatic carbocycles. The lowest BCUT2D eigenvalue weighted by molar-refractivity contribution is -0.151. The number of carbonyl (C=O) groups excluding carboxylic acids is 3. The van der Waals surface area contributed by atoms with Gasteiger partial charge < -0.3 is 9.64 Å². The van der Waals surface area contributed by atoms with Crippen LogP contribution in [-0.4, -0.2) is 47.1 Å². The lowest BCUT2D eigenvalue weighted by atomic mass is 9.88. The van der Waals surface area contributed by atoms with Gasteiger partial charge in [-0.2, -0.15) is 5.10 Å². The van der Waals surface area contributed by atoms with Crippen molar-refractivity contribution in [2.75, 3.05) is 6.61 Å². The Labute approximate surface area is 161 Å². The maximum absolute atomic E-state index is 12.9. The second-order valence-corrected chi connectivity index (χ2v) is 7.55. The van der Waals surface area contributed by atoms with Gasteiger partial charge in [0.1, 0.15) is 5.71 Å². The highest BCUT2D eigenvalue weighted by Gasteiger charge is 2.33. The molecule has 0 aromatic carbocycles. The second-order valence-electron chi connectivity index (χ2n) is 7.55. The van der Waals surface area contributed by atoms with Crippen molar-refractivity contribution in [2.45, 2.75) is 96.6 Å². The summed E-state index contributed by atoms with van der Waals surface area (Å²) in [5.41, 5.74) is 2.46. The minimum absolute atomic E-state index is 0. The van der Waals surface area contributed by atoms with E-state index in [1.807, 2.05) is 4.90 Å². The fourth-order valence-corrected chi connectivity index (χ4v) is 4.33. The molecule has 0 bridgehead atoms. The van der Waals surface area contributed by atoms with Crippen LogP contribution in [0.4, 0.5) is 0 Å². The minimum Gasteiger partial charge on any atom is -0.451 e.